The number of nitrogens with two attached hydrogens (primary N) is 1. The van der Waals surface area contributed by atoms with E-state index in [0.717, 1.165) is 6.42 Å². The number of carbonyl (C=O) groups is 2. The van der Waals surface area contributed by atoms with E-state index in [4.69, 9.17) is 22.4 Å². The normalized spacial score (nSPS) is 10.1. The first-order chi connectivity index (χ1) is 8.45. The number of carboxylic acid groups (broad SMARTS) is 1. The van der Waals surface area contributed by atoms with Crippen LogP contribution in [0.2, 0.25) is 5.02 Å². The largest absolute Gasteiger partial charge is 0.480 e. The van der Waals surface area contributed by atoms with E-state index in [-0.39, 0.29) is 17.1 Å². The van der Waals surface area contributed by atoms with Crippen LogP contribution in [-0.4, -0.2) is 30.1 Å². The highest BCUT2D eigenvalue weighted by molar-refractivity contribution is 6.34. The van der Waals surface area contributed by atoms with E-state index >= 15 is 0 Å². The fourth-order valence-electron chi connectivity index (χ4n) is 1.63. The third-order valence-electron chi connectivity index (χ3n) is 2.40. The van der Waals surface area contributed by atoms with Crippen LogP contribution in [0.25, 0.3) is 0 Å². The number of amides is 1. The van der Waals surface area contributed by atoms with E-state index < -0.39 is 11.9 Å². The number of hydrogen-bond acceptors (Lipinski definition) is 3. The minimum Gasteiger partial charge on any atom is -0.480 e. The average Bonchev–Trinajstić information content (AvgIpc) is 2.27. The monoisotopic (exact) mass is 270 g/mol. The Morgan fingerprint density at radius 3 is 2.56 bits per heavy atom. The summed E-state index contributed by atoms with van der Waals surface area (Å²) >= 11 is 5.93. The summed E-state index contributed by atoms with van der Waals surface area (Å²) in [6, 6.07) is 4.70. The molecule has 18 heavy (non-hydrogen) atoms. The number of benzene rings is 1. The van der Waals surface area contributed by atoms with Gasteiger partial charge in [0.25, 0.3) is 0 Å². The molecule has 0 bridgehead atoms. The zero-order valence-electron chi connectivity index (χ0n) is 10.0. The lowest BCUT2D eigenvalue weighted by molar-refractivity contribution is -0.135. The van der Waals surface area contributed by atoms with Crippen molar-refractivity contribution in [2.24, 2.45) is 5.73 Å². The molecule has 3 N–H and O–H groups in total. The van der Waals surface area contributed by atoms with E-state index in [0.29, 0.717) is 12.2 Å². The number of primary amides is 1. The maximum absolute atomic E-state index is 11.0. The molecule has 0 aliphatic heterocycles. The molecule has 1 aromatic rings. The first-order valence-electron chi connectivity index (χ1n) is 5.51. The van der Waals surface area contributed by atoms with Crippen LogP contribution in [0.3, 0.4) is 0 Å². The summed E-state index contributed by atoms with van der Waals surface area (Å²) in [5.74, 6) is -1.52. The Bertz CT molecular complexity index is 463. The number of carbonyl (C=O) groups excluding carboxylic acids is 1. The van der Waals surface area contributed by atoms with Crippen molar-refractivity contribution >= 4 is 29.2 Å². The molecule has 5 nitrogen and oxygen atoms in total. The third kappa shape index (κ3) is 3.63. The Kier molecular flexibility index (Phi) is 4.97. The van der Waals surface area contributed by atoms with Gasteiger partial charge in [0.2, 0.25) is 5.91 Å². The standard InChI is InChI=1S/C12H15ClN2O3/c1-2-5-15(7-11(16)17)8-3-4-9(12(14)18)10(13)6-8/h3-4,6H,2,5,7H2,1H3,(H2,14,18)(H,16,17). The molecule has 1 amide bonds. The summed E-state index contributed by atoms with van der Waals surface area (Å²) in [6.45, 7) is 2.44. The maximum atomic E-state index is 11.0. The predicted molar refractivity (Wildman–Crippen MR) is 70.1 cm³/mol. The highest BCUT2D eigenvalue weighted by atomic mass is 35.5. The molecule has 0 heterocycles. The van der Waals surface area contributed by atoms with E-state index in [1.165, 1.54) is 6.07 Å². The second-order valence-electron chi connectivity index (χ2n) is 3.84. The van der Waals surface area contributed by atoms with Crippen LogP contribution in [0.15, 0.2) is 18.2 Å². The number of halogens is 1. The van der Waals surface area contributed by atoms with Gasteiger partial charge in [-0.2, -0.15) is 0 Å². The first kappa shape index (κ1) is 14.3. The fraction of sp³-hybridized carbons (Fsp3) is 0.333. The highest BCUT2D eigenvalue weighted by Gasteiger charge is 2.13. The molecule has 0 spiro atoms. The molecule has 1 aromatic carbocycles. The van der Waals surface area contributed by atoms with E-state index in [1.807, 2.05) is 6.92 Å². The lowest BCUT2D eigenvalue weighted by atomic mass is 10.1. The number of hydrogen-bond donors (Lipinski definition) is 2. The Labute approximate surface area is 110 Å². The van der Waals surface area contributed by atoms with Crippen LogP contribution < -0.4 is 10.6 Å². The Balaban J connectivity index is 3.02. The molecule has 0 atom stereocenters. The van der Waals surface area contributed by atoms with E-state index in [1.54, 1.807) is 17.0 Å². The molecule has 0 fully saturated rings. The highest BCUT2D eigenvalue weighted by Crippen LogP contribution is 2.23. The second-order valence-corrected chi connectivity index (χ2v) is 4.25. The molecule has 98 valence electrons. The van der Waals surface area contributed by atoms with Gasteiger partial charge in [0.1, 0.15) is 6.54 Å². The van der Waals surface area contributed by atoms with Crippen LogP contribution in [0.4, 0.5) is 5.69 Å². The topological polar surface area (TPSA) is 83.6 Å². The molecule has 0 aromatic heterocycles. The molecule has 0 aliphatic rings. The van der Waals surface area contributed by atoms with Gasteiger partial charge in [0.05, 0.1) is 10.6 Å². The summed E-state index contributed by atoms with van der Waals surface area (Å²) in [5.41, 5.74) is 6.04. The minimum atomic E-state index is -0.918. The Hall–Kier alpha value is -1.75. The Morgan fingerprint density at radius 2 is 2.11 bits per heavy atom. The van der Waals surface area contributed by atoms with E-state index in [9.17, 15) is 9.59 Å². The maximum Gasteiger partial charge on any atom is 0.323 e. The number of rotatable bonds is 6. The number of carboxylic acids is 1. The summed E-state index contributed by atoms with van der Waals surface area (Å²) in [4.78, 5) is 23.5. The average molecular weight is 271 g/mol. The lowest BCUT2D eigenvalue weighted by Crippen LogP contribution is -2.30. The van der Waals surface area contributed by atoms with Gasteiger partial charge >= 0.3 is 5.97 Å². The van der Waals surface area contributed by atoms with E-state index in [2.05, 4.69) is 0 Å². The van der Waals surface area contributed by atoms with Gasteiger partial charge in [-0.1, -0.05) is 18.5 Å². The van der Waals surface area contributed by atoms with Crippen molar-refractivity contribution in [1.82, 2.24) is 0 Å². The summed E-state index contributed by atoms with van der Waals surface area (Å²) in [7, 11) is 0. The van der Waals surface area contributed by atoms with Gasteiger partial charge in [-0.15, -0.1) is 0 Å². The van der Waals surface area contributed by atoms with Gasteiger partial charge in [0, 0.05) is 12.2 Å². The van der Waals surface area contributed by atoms with Crippen molar-refractivity contribution in [2.45, 2.75) is 13.3 Å². The second kappa shape index (κ2) is 6.26. The number of nitrogens with zero attached hydrogens (tertiary/aromatic N) is 1. The molecule has 6 heteroatoms. The lowest BCUT2D eigenvalue weighted by Gasteiger charge is -2.22. The van der Waals surface area contributed by atoms with Crippen LogP contribution in [0.5, 0.6) is 0 Å². The summed E-state index contributed by atoms with van der Waals surface area (Å²) < 4.78 is 0. The number of anilines is 1. The van der Waals surface area contributed by atoms with Gasteiger partial charge in [0.15, 0.2) is 0 Å². The molecule has 0 radical (unpaired) electrons. The van der Waals surface area contributed by atoms with Crippen molar-refractivity contribution in [3.05, 3.63) is 28.8 Å². The molecular weight excluding hydrogens is 256 g/mol. The van der Waals surface area contributed by atoms with Gasteiger partial charge in [-0.3, -0.25) is 9.59 Å². The molecule has 0 saturated carbocycles. The van der Waals surface area contributed by atoms with Crippen LogP contribution in [-0.2, 0) is 4.79 Å². The zero-order valence-corrected chi connectivity index (χ0v) is 10.8. The fourth-order valence-corrected chi connectivity index (χ4v) is 1.90. The quantitative estimate of drug-likeness (QED) is 0.825. The van der Waals surface area contributed by atoms with Gasteiger partial charge in [-0.05, 0) is 24.6 Å². The van der Waals surface area contributed by atoms with Crippen molar-refractivity contribution in [3.8, 4) is 0 Å². The van der Waals surface area contributed by atoms with Crippen molar-refractivity contribution in [1.29, 1.82) is 0 Å². The molecular formula is C12H15ClN2O3. The van der Waals surface area contributed by atoms with Crippen molar-refractivity contribution in [2.75, 3.05) is 18.0 Å². The third-order valence-corrected chi connectivity index (χ3v) is 2.72. The molecule has 0 aliphatic carbocycles. The predicted octanol–water partition coefficient (Wildman–Crippen LogP) is 1.74. The van der Waals surface area contributed by atoms with Crippen molar-refractivity contribution in [3.63, 3.8) is 0 Å². The van der Waals surface area contributed by atoms with Crippen LogP contribution in [0, 0.1) is 0 Å². The molecule has 0 unspecified atom stereocenters. The summed E-state index contributed by atoms with van der Waals surface area (Å²) in [6.07, 6.45) is 0.808. The van der Waals surface area contributed by atoms with Gasteiger partial charge in [-0.25, -0.2) is 0 Å². The van der Waals surface area contributed by atoms with Crippen LogP contribution in [0.1, 0.15) is 23.7 Å². The van der Waals surface area contributed by atoms with Gasteiger partial charge < -0.3 is 15.7 Å². The smallest absolute Gasteiger partial charge is 0.323 e. The summed E-state index contributed by atoms with van der Waals surface area (Å²) in [5, 5.41) is 9.06. The SMILES string of the molecule is CCCN(CC(=O)O)c1ccc(C(N)=O)c(Cl)c1. The molecule has 1 rings (SSSR count). The molecule has 0 saturated heterocycles. The number of aliphatic carboxylic acids is 1. The van der Waals surface area contributed by atoms with Crippen molar-refractivity contribution < 1.29 is 14.7 Å². The minimum absolute atomic E-state index is 0.111. The zero-order chi connectivity index (χ0) is 13.7. The first-order valence-corrected chi connectivity index (χ1v) is 5.89. The van der Waals surface area contributed by atoms with Crippen LogP contribution >= 0.6 is 11.6 Å². The Morgan fingerprint density at radius 1 is 1.44 bits per heavy atom.